The number of urea groups is 1. The molecule has 0 spiro atoms. The highest BCUT2D eigenvalue weighted by atomic mass is 16.8. The Balaban J connectivity index is 2.57. The molecule has 14 nitrogen and oxygen atoms in total. The highest BCUT2D eigenvalue weighted by molar-refractivity contribution is 6.28. The number of aromatic hydroxyl groups is 1. The van der Waals surface area contributed by atoms with Crippen molar-refractivity contribution in [3.8, 4) is 5.88 Å². The maximum Gasteiger partial charge on any atom is 0.358 e. The van der Waals surface area contributed by atoms with Gasteiger partial charge in [0.1, 0.15) is 11.1 Å². The van der Waals surface area contributed by atoms with E-state index in [0.29, 0.717) is 35.3 Å². The minimum absolute atomic E-state index is 0.0119. The first kappa shape index (κ1) is 31.2. The van der Waals surface area contributed by atoms with E-state index >= 15 is 0 Å². The second-order valence-corrected chi connectivity index (χ2v) is 8.73. The molecule has 1 saturated heterocycles. The molecule has 1 aromatic rings. The number of carboxylic acids is 1. The normalized spacial score (nSPS) is 16.1. The van der Waals surface area contributed by atoms with Crippen molar-refractivity contribution in [1.82, 2.24) is 19.1 Å². The van der Waals surface area contributed by atoms with Crippen LogP contribution in [-0.4, -0.2) is 71.1 Å². The fraction of sp³-hybridized carbons (Fsp3) is 0.520. The third-order valence-corrected chi connectivity index (χ3v) is 5.85. The lowest BCUT2D eigenvalue weighted by Gasteiger charge is -2.33. The molecule has 1 fully saturated rings. The van der Waals surface area contributed by atoms with Gasteiger partial charge in [-0.1, -0.05) is 39.7 Å². The number of imide groups is 2. The maximum absolute atomic E-state index is 13.0. The van der Waals surface area contributed by atoms with Crippen LogP contribution in [0.15, 0.2) is 27.3 Å². The zero-order valence-corrected chi connectivity index (χ0v) is 22.2. The van der Waals surface area contributed by atoms with Crippen LogP contribution in [0.1, 0.15) is 64.9 Å². The highest BCUT2D eigenvalue weighted by Crippen LogP contribution is 2.21. The Morgan fingerprint density at radius 3 is 2.18 bits per heavy atom. The van der Waals surface area contributed by atoms with E-state index in [1.165, 1.54) is 0 Å². The topological polar surface area (TPSA) is 189 Å². The van der Waals surface area contributed by atoms with Gasteiger partial charge in [-0.05, 0) is 31.4 Å². The van der Waals surface area contributed by atoms with E-state index in [2.05, 4.69) is 0 Å². The summed E-state index contributed by atoms with van der Waals surface area (Å²) >= 11 is 0. The van der Waals surface area contributed by atoms with Crippen LogP contribution in [0.3, 0.4) is 0 Å². The van der Waals surface area contributed by atoms with E-state index in [0.717, 1.165) is 27.7 Å². The Kier molecular flexibility index (Phi) is 11.4. The third-order valence-electron chi connectivity index (χ3n) is 5.85. The van der Waals surface area contributed by atoms with Gasteiger partial charge >= 0.3 is 17.7 Å². The molecule has 1 atom stereocenters. The molecule has 1 aliphatic rings. The van der Waals surface area contributed by atoms with Gasteiger partial charge in [-0.3, -0.25) is 33.2 Å². The zero-order valence-electron chi connectivity index (χ0n) is 22.2. The van der Waals surface area contributed by atoms with Crippen molar-refractivity contribution in [2.45, 2.75) is 78.7 Å². The lowest BCUT2D eigenvalue weighted by atomic mass is 10.1. The molecule has 0 saturated carbocycles. The molecule has 0 bridgehead atoms. The standard InChI is InChI=1S/C25H34N4O10/c1-4-7-13-26-20(33)16(21(34)28(24(26)37)15-12-18(30)31)10-9-11-17-22(35)27(14-8-5-2)25(38)29(23(17)36)39-19(32)6-3/h9-11,19,32-33H,4-8,12-15H2,1-3H3,(H,30,31)/b10-9?,17-11+. The Morgan fingerprint density at radius 1 is 0.949 bits per heavy atom. The van der Waals surface area contributed by atoms with E-state index in [4.69, 9.17) is 9.94 Å². The predicted molar refractivity (Wildman–Crippen MR) is 137 cm³/mol. The number of aromatic nitrogens is 2. The summed E-state index contributed by atoms with van der Waals surface area (Å²) in [5.41, 5.74) is -2.70. The minimum atomic E-state index is -1.48. The maximum atomic E-state index is 13.0. The minimum Gasteiger partial charge on any atom is -0.494 e. The van der Waals surface area contributed by atoms with Crippen molar-refractivity contribution in [3.63, 3.8) is 0 Å². The number of amides is 4. The number of carboxylic acid groups (broad SMARTS) is 1. The number of hydrogen-bond donors (Lipinski definition) is 3. The molecule has 214 valence electrons. The number of aliphatic hydroxyl groups excluding tert-OH is 1. The molecule has 2 heterocycles. The molecule has 3 N–H and O–H groups in total. The molecule has 0 aliphatic carbocycles. The number of hydrogen-bond acceptors (Lipinski definition) is 9. The van der Waals surface area contributed by atoms with Gasteiger partial charge in [0.25, 0.3) is 17.4 Å². The number of carbonyl (C=O) groups is 4. The summed E-state index contributed by atoms with van der Waals surface area (Å²) in [6, 6.07) is -1.05. The summed E-state index contributed by atoms with van der Waals surface area (Å²) in [7, 11) is 0. The SMILES string of the molecule is CCCCN1C(=O)/C(=C\C=Cc2c(O)n(CCCC)c(=O)n(CCC(=O)O)c2=O)C(=O)N(OC(O)CC)C1=O. The molecule has 1 unspecified atom stereocenters. The van der Waals surface area contributed by atoms with Crippen LogP contribution < -0.4 is 11.2 Å². The predicted octanol–water partition coefficient (Wildman–Crippen LogP) is 1.18. The monoisotopic (exact) mass is 550 g/mol. The number of carbonyl (C=O) groups excluding carboxylic acids is 3. The zero-order chi connectivity index (χ0) is 29.3. The molecule has 0 radical (unpaired) electrons. The number of allylic oxidation sites excluding steroid dienone is 2. The quantitative estimate of drug-likeness (QED) is 0.172. The van der Waals surface area contributed by atoms with Crippen LogP contribution in [0.2, 0.25) is 0 Å². The van der Waals surface area contributed by atoms with Crippen molar-refractivity contribution >= 4 is 29.9 Å². The summed E-state index contributed by atoms with van der Waals surface area (Å²) in [4.78, 5) is 81.2. The molecule has 4 amide bonds. The fourth-order valence-electron chi connectivity index (χ4n) is 3.59. The van der Waals surface area contributed by atoms with Gasteiger partial charge in [-0.25, -0.2) is 14.4 Å². The van der Waals surface area contributed by atoms with E-state index in [1.807, 2.05) is 13.8 Å². The van der Waals surface area contributed by atoms with E-state index in [9.17, 15) is 39.0 Å². The summed E-state index contributed by atoms with van der Waals surface area (Å²) in [6.45, 7) is 4.87. The lowest BCUT2D eigenvalue weighted by Crippen LogP contribution is -2.57. The van der Waals surface area contributed by atoms with Crippen LogP contribution in [0.5, 0.6) is 5.88 Å². The van der Waals surface area contributed by atoms with E-state index < -0.39 is 65.8 Å². The third kappa shape index (κ3) is 7.29. The molecule has 0 aromatic carbocycles. The lowest BCUT2D eigenvalue weighted by molar-refractivity contribution is -0.235. The first-order valence-electron chi connectivity index (χ1n) is 12.7. The Morgan fingerprint density at radius 2 is 1.59 bits per heavy atom. The van der Waals surface area contributed by atoms with Gasteiger partial charge in [0.15, 0.2) is 6.29 Å². The number of barbiturate groups is 1. The largest absolute Gasteiger partial charge is 0.494 e. The summed E-state index contributed by atoms with van der Waals surface area (Å²) in [6.07, 6.45) is 3.51. The van der Waals surface area contributed by atoms with Crippen LogP contribution in [0, 0.1) is 0 Å². The Bertz CT molecular complexity index is 1280. The second kappa shape index (κ2) is 14.2. The first-order chi connectivity index (χ1) is 18.5. The second-order valence-electron chi connectivity index (χ2n) is 8.73. The van der Waals surface area contributed by atoms with Crippen molar-refractivity contribution < 1.29 is 39.3 Å². The summed E-state index contributed by atoms with van der Waals surface area (Å²) < 4.78 is 1.64. The average Bonchev–Trinajstić information content (AvgIpc) is 2.89. The van der Waals surface area contributed by atoms with Gasteiger partial charge < -0.3 is 15.3 Å². The van der Waals surface area contributed by atoms with Crippen molar-refractivity contribution in [1.29, 1.82) is 0 Å². The molecule has 39 heavy (non-hydrogen) atoms. The van der Waals surface area contributed by atoms with Gasteiger partial charge in [0.2, 0.25) is 5.88 Å². The number of nitrogens with zero attached hydrogens (tertiary/aromatic N) is 4. The number of rotatable bonds is 14. The Labute approximate surface area is 224 Å². The van der Waals surface area contributed by atoms with Crippen LogP contribution in [0.4, 0.5) is 4.79 Å². The van der Waals surface area contributed by atoms with E-state index in [1.54, 1.807) is 6.92 Å². The molecule has 2 rings (SSSR count). The Hall–Kier alpha value is -4.04. The molecule has 1 aromatic heterocycles. The number of aliphatic carboxylic acids is 1. The average molecular weight is 551 g/mol. The first-order valence-corrected chi connectivity index (χ1v) is 12.7. The van der Waals surface area contributed by atoms with Gasteiger partial charge in [0.05, 0.1) is 6.42 Å². The van der Waals surface area contributed by atoms with Gasteiger partial charge in [-0.2, -0.15) is 0 Å². The fourth-order valence-corrected chi connectivity index (χ4v) is 3.59. The van der Waals surface area contributed by atoms with Crippen LogP contribution >= 0.6 is 0 Å². The van der Waals surface area contributed by atoms with Crippen molar-refractivity contribution in [2.24, 2.45) is 0 Å². The number of aliphatic hydroxyl groups is 1. The van der Waals surface area contributed by atoms with Gasteiger partial charge in [-0.15, -0.1) is 5.06 Å². The van der Waals surface area contributed by atoms with Crippen LogP contribution in [0.25, 0.3) is 6.08 Å². The summed E-state index contributed by atoms with van der Waals surface area (Å²) in [5, 5.41) is 29.8. The highest BCUT2D eigenvalue weighted by Gasteiger charge is 2.43. The molecule has 14 heteroatoms. The number of unbranched alkanes of at least 4 members (excludes halogenated alkanes) is 2. The molecular formula is C25H34N4O10. The van der Waals surface area contributed by atoms with Crippen molar-refractivity contribution in [3.05, 3.63) is 44.1 Å². The van der Waals surface area contributed by atoms with Crippen LogP contribution in [-0.2, 0) is 32.3 Å². The summed E-state index contributed by atoms with van der Waals surface area (Å²) in [5.74, 6) is -3.93. The number of hydroxylamine groups is 2. The molecular weight excluding hydrogens is 516 g/mol. The van der Waals surface area contributed by atoms with Gasteiger partial charge in [0, 0.05) is 19.6 Å². The van der Waals surface area contributed by atoms with Crippen molar-refractivity contribution in [2.75, 3.05) is 6.54 Å². The van der Waals surface area contributed by atoms with E-state index in [-0.39, 0.29) is 25.1 Å². The molecule has 1 aliphatic heterocycles. The smallest absolute Gasteiger partial charge is 0.358 e.